The Labute approximate surface area is 99.0 Å². The molecule has 0 aromatic heterocycles. The lowest BCUT2D eigenvalue weighted by molar-refractivity contribution is -0.122. The third kappa shape index (κ3) is 5.66. The number of hydrogen-bond acceptors (Lipinski definition) is 6. The van der Waals surface area contributed by atoms with Crippen LogP contribution in [0.25, 0.3) is 0 Å². The van der Waals surface area contributed by atoms with Crippen LogP contribution in [-0.4, -0.2) is 71.8 Å². The molecule has 0 bridgehead atoms. The van der Waals surface area contributed by atoms with Crippen molar-refractivity contribution in [1.29, 1.82) is 0 Å². The van der Waals surface area contributed by atoms with Crippen LogP contribution in [-0.2, 0) is 9.53 Å². The van der Waals surface area contributed by atoms with Crippen LogP contribution in [0, 0.1) is 0 Å². The van der Waals surface area contributed by atoms with E-state index in [1.54, 1.807) is 7.11 Å². The van der Waals surface area contributed by atoms with Gasteiger partial charge in [0.1, 0.15) is 5.54 Å². The summed E-state index contributed by atoms with van der Waals surface area (Å²) < 4.78 is 4.82. The van der Waals surface area contributed by atoms with E-state index >= 15 is 0 Å². The number of ether oxygens (including phenoxy) is 1. The molecule has 0 unspecified atom stereocenters. The van der Waals surface area contributed by atoms with E-state index in [9.17, 15) is 4.79 Å². The minimum atomic E-state index is -1.33. The Bertz CT molecular complexity index is 190. The first-order chi connectivity index (χ1) is 7.64. The molecule has 0 fully saturated rings. The highest BCUT2D eigenvalue weighted by Gasteiger charge is 2.29. The fourth-order valence-corrected chi connectivity index (χ4v) is 1.59. The van der Waals surface area contributed by atoms with Crippen LogP contribution >= 0.6 is 11.8 Å². The van der Waals surface area contributed by atoms with Crippen molar-refractivity contribution < 1.29 is 24.9 Å². The van der Waals surface area contributed by atoms with Crippen molar-refractivity contribution in [2.45, 2.75) is 5.54 Å². The van der Waals surface area contributed by atoms with Crippen LogP contribution in [0.1, 0.15) is 0 Å². The molecule has 0 spiro atoms. The van der Waals surface area contributed by atoms with Gasteiger partial charge in [-0.3, -0.25) is 4.79 Å². The predicted octanol–water partition coefficient (Wildman–Crippen LogP) is -1.80. The molecule has 16 heavy (non-hydrogen) atoms. The van der Waals surface area contributed by atoms with Gasteiger partial charge in [0.05, 0.1) is 32.2 Å². The first-order valence-electron chi connectivity index (χ1n) is 4.84. The SMILES string of the molecule is COCCSCC(=O)NC(CO)(CO)CO. The monoisotopic (exact) mass is 253 g/mol. The standard InChI is InChI=1S/C9H19NO5S/c1-15-2-3-16-4-8(14)10-9(5-11,6-12)7-13/h11-13H,2-7H2,1H3,(H,10,14). The average Bonchev–Trinajstić information content (AvgIpc) is 2.32. The van der Waals surface area contributed by atoms with Crippen molar-refractivity contribution in [3.05, 3.63) is 0 Å². The summed E-state index contributed by atoms with van der Waals surface area (Å²) in [5.41, 5.74) is -1.33. The fraction of sp³-hybridized carbons (Fsp3) is 0.889. The lowest BCUT2D eigenvalue weighted by atomic mass is 10.0. The Hall–Kier alpha value is -0.340. The third-order valence-electron chi connectivity index (χ3n) is 1.98. The molecule has 0 radical (unpaired) electrons. The maximum absolute atomic E-state index is 11.4. The van der Waals surface area contributed by atoms with Gasteiger partial charge in [0, 0.05) is 12.9 Å². The van der Waals surface area contributed by atoms with Crippen molar-refractivity contribution in [3.8, 4) is 0 Å². The van der Waals surface area contributed by atoms with Gasteiger partial charge in [-0.15, -0.1) is 11.8 Å². The zero-order valence-electron chi connectivity index (χ0n) is 9.31. The van der Waals surface area contributed by atoms with Gasteiger partial charge in [-0.05, 0) is 0 Å². The zero-order chi connectivity index (χ0) is 12.4. The van der Waals surface area contributed by atoms with Gasteiger partial charge in [0.2, 0.25) is 5.91 Å². The van der Waals surface area contributed by atoms with Gasteiger partial charge in [-0.25, -0.2) is 0 Å². The summed E-state index contributed by atoms with van der Waals surface area (Å²) >= 11 is 1.38. The molecular formula is C9H19NO5S. The Balaban J connectivity index is 3.91. The molecule has 0 saturated heterocycles. The molecule has 6 nitrogen and oxygen atoms in total. The number of carbonyl (C=O) groups is 1. The normalized spacial score (nSPS) is 11.5. The van der Waals surface area contributed by atoms with Crippen molar-refractivity contribution in [3.63, 3.8) is 0 Å². The van der Waals surface area contributed by atoms with Gasteiger partial charge < -0.3 is 25.4 Å². The molecule has 7 heteroatoms. The van der Waals surface area contributed by atoms with Crippen molar-refractivity contribution in [2.75, 3.05) is 45.0 Å². The number of thioether (sulfide) groups is 1. The zero-order valence-corrected chi connectivity index (χ0v) is 10.1. The van der Waals surface area contributed by atoms with Crippen LogP contribution in [0.2, 0.25) is 0 Å². The van der Waals surface area contributed by atoms with Gasteiger partial charge in [0.15, 0.2) is 0 Å². The number of aliphatic hydroxyl groups excluding tert-OH is 3. The molecule has 0 aliphatic rings. The molecule has 0 aliphatic heterocycles. The molecule has 0 atom stereocenters. The number of rotatable bonds is 9. The topological polar surface area (TPSA) is 99.0 Å². The number of amides is 1. The van der Waals surface area contributed by atoms with Gasteiger partial charge in [-0.2, -0.15) is 0 Å². The molecule has 0 rings (SSSR count). The summed E-state index contributed by atoms with van der Waals surface area (Å²) in [6.45, 7) is -0.958. The van der Waals surface area contributed by atoms with Gasteiger partial charge >= 0.3 is 0 Å². The number of hydrogen-bond donors (Lipinski definition) is 4. The van der Waals surface area contributed by atoms with Crippen molar-refractivity contribution in [2.24, 2.45) is 0 Å². The van der Waals surface area contributed by atoms with E-state index in [0.29, 0.717) is 12.4 Å². The van der Waals surface area contributed by atoms with Crippen LogP contribution in [0.15, 0.2) is 0 Å². The molecule has 96 valence electrons. The highest BCUT2D eigenvalue weighted by atomic mass is 32.2. The lowest BCUT2D eigenvalue weighted by Gasteiger charge is -2.28. The Morgan fingerprint density at radius 1 is 1.31 bits per heavy atom. The Morgan fingerprint density at radius 2 is 1.88 bits per heavy atom. The van der Waals surface area contributed by atoms with Crippen LogP contribution in [0.3, 0.4) is 0 Å². The molecule has 0 heterocycles. The molecule has 0 aromatic rings. The first-order valence-corrected chi connectivity index (χ1v) is 6.00. The summed E-state index contributed by atoms with van der Waals surface area (Å²) in [6.07, 6.45) is 0. The summed E-state index contributed by atoms with van der Waals surface area (Å²) in [7, 11) is 1.58. The maximum atomic E-state index is 11.4. The number of aliphatic hydroxyl groups is 3. The minimum Gasteiger partial charge on any atom is -0.394 e. The highest BCUT2D eigenvalue weighted by Crippen LogP contribution is 2.04. The third-order valence-corrected chi connectivity index (χ3v) is 2.90. The molecule has 0 saturated carbocycles. The minimum absolute atomic E-state index is 0.200. The van der Waals surface area contributed by atoms with Crippen LogP contribution in [0.4, 0.5) is 0 Å². The van der Waals surface area contributed by atoms with E-state index in [-0.39, 0.29) is 11.7 Å². The highest BCUT2D eigenvalue weighted by molar-refractivity contribution is 7.99. The Morgan fingerprint density at radius 3 is 2.31 bits per heavy atom. The number of nitrogens with one attached hydrogen (secondary N) is 1. The number of carbonyl (C=O) groups excluding carboxylic acids is 1. The van der Waals surface area contributed by atoms with E-state index in [4.69, 9.17) is 20.1 Å². The first kappa shape index (κ1) is 15.7. The average molecular weight is 253 g/mol. The van der Waals surface area contributed by atoms with Crippen molar-refractivity contribution in [1.82, 2.24) is 5.32 Å². The van der Waals surface area contributed by atoms with Gasteiger partial charge in [0.25, 0.3) is 0 Å². The smallest absolute Gasteiger partial charge is 0.230 e. The summed E-state index contributed by atoms with van der Waals surface area (Å²) in [5, 5.41) is 29.3. The summed E-state index contributed by atoms with van der Waals surface area (Å²) in [6, 6.07) is 0. The second-order valence-corrected chi connectivity index (χ2v) is 4.45. The van der Waals surface area contributed by atoms with Crippen LogP contribution < -0.4 is 5.32 Å². The quantitative estimate of drug-likeness (QED) is 0.362. The fourth-order valence-electron chi connectivity index (χ4n) is 0.908. The second kappa shape index (κ2) is 8.77. The predicted molar refractivity (Wildman–Crippen MR) is 61.3 cm³/mol. The summed E-state index contributed by atoms with van der Waals surface area (Å²) in [4.78, 5) is 11.4. The Kier molecular flexibility index (Phi) is 8.58. The molecule has 0 aliphatic carbocycles. The maximum Gasteiger partial charge on any atom is 0.230 e. The van der Waals surface area contributed by atoms with E-state index in [1.165, 1.54) is 11.8 Å². The van der Waals surface area contributed by atoms with Crippen LogP contribution in [0.5, 0.6) is 0 Å². The van der Waals surface area contributed by atoms with E-state index in [1.807, 2.05) is 0 Å². The number of methoxy groups -OCH3 is 1. The largest absolute Gasteiger partial charge is 0.394 e. The second-order valence-electron chi connectivity index (χ2n) is 3.35. The molecule has 4 N–H and O–H groups in total. The molecule has 1 amide bonds. The van der Waals surface area contributed by atoms with E-state index < -0.39 is 25.4 Å². The lowest BCUT2D eigenvalue weighted by Crippen LogP contribution is -2.57. The van der Waals surface area contributed by atoms with E-state index in [0.717, 1.165) is 0 Å². The summed E-state index contributed by atoms with van der Waals surface area (Å²) in [5.74, 6) is 0.553. The van der Waals surface area contributed by atoms with Crippen molar-refractivity contribution >= 4 is 17.7 Å². The molecule has 0 aromatic carbocycles. The van der Waals surface area contributed by atoms with E-state index in [2.05, 4.69) is 5.32 Å². The molecular weight excluding hydrogens is 234 g/mol. The van der Waals surface area contributed by atoms with Gasteiger partial charge in [-0.1, -0.05) is 0 Å².